The van der Waals surface area contributed by atoms with Gasteiger partial charge in [0.15, 0.2) is 11.5 Å². The number of carbonyl (C=O) groups excluding carboxylic acids is 1. The molecule has 1 saturated carbocycles. The first-order valence-electron chi connectivity index (χ1n) is 14.0. The van der Waals surface area contributed by atoms with Crippen LogP contribution >= 0.6 is 0 Å². The molecule has 0 amide bonds. The molecule has 2 heterocycles. The van der Waals surface area contributed by atoms with Gasteiger partial charge in [-0.25, -0.2) is 8.42 Å². The topological polar surface area (TPSA) is 76.1 Å². The van der Waals surface area contributed by atoms with Gasteiger partial charge in [-0.3, -0.25) is 4.79 Å². The summed E-state index contributed by atoms with van der Waals surface area (Å²) in [7, 11) is 0.560. The Morgan fingerprint density at radius 3 is 2.33 bits per heavy atom. The lowest BCUT2D eigenvalue weighted by molar-refractivity contribution is -0.120. The van der Waals surface area contributed by atoms with Crippen molar-refractivity contribution in [1.29, 1.82) is 0 Å². The molecule has 8 heteroatoms. The zero-order valence-corrected chi connectivity index (χ0v) is 24.2. The minimum Gasteiger partial charge on any atom is -0.454 e. The maximum absolute atomic E-state index is 13.5. The Balaban J connectivity index is 1.18. The van der Waals surface area contributed by atoms with Crippen LogP contribution in [0.3, 0.4) is 0 Å². The van der Waals surface area contributed by atoms with Crippen molar-refractivity contribution < 1.29 is 22.7 Å². The Morgan fingerprint density at radius 2 is 1.65 bits per heavy atom. The summed E-state index contributed by atoms with van der Waals surface area (Å²) in [6.07, 6.45) is 3.70. The summed E-state index contributed by atoms with van der Waals surface area (Å²) < 4.78 is 39.2. The first kappa shape index (κ1) is 27.0. The Morgan fingerprint density at radius 1 is 0.950 bits per heavy atom. The van der Waals surface area contributed by atoms with Crippen molar-refractivity contribution in [2.24, 2.45) is 0 Å². The number of carbonyl (C=O) groups is 1. The maximum Gasteiger partial charge on any atom is 0.243 e. The van der Waals surface area contributed by atoms with Gasteiger partial charge in [0.1, 0.15) is 5.78 Å². The molecule has 40 heavy (non-hydrogen) atoms. The van der Waals surface area contributed by atoms with Gasteiger partial charge >= 0.3 is 0 Å². The number of aryl methyl sites for hydroxylation is 1. The van der Waals surface area contributed by atoms with Crippen LogP contribution in [0.5, 0.6) is 11.5 Å². The second kappa shape index (κ2) is 10.3. The molecule has 3 aromatic rings. The van der Waals surface area contributed by atoms with Crippen molar-refractivity contribution in [3.63, 3.8) is 0 Å². The standard InChI is InChI=1S/C32H36N2O5S/c1-22-4-5-23(19-31(35)32(14-15-32)25-8-11-29-30(20-25)39-21-38-29)18-28(22)24-6-9-27(10-7-24)40(36,37)34-16-12-26(13-17-34)33(2)3/h4-11,18,20,26H,12-17,19,21H2,1-3H3. The van der Waals surface area contributed by atoms with E-state index in [9.17, 15) is 13.2 Å². The summed E-state index contributed by atoms with van der Waals surface area (Å²) >= 11 is 0. The molecule has 0 atom stereocenters. The number of benzene rings is 3. The van der Waals surface area contributed by atoms with E-state index in [1.165, 1.54) is 0 Å². The minimum absolute atomic E-state index is 0.209. The van der Waals surface area contributed by atoms with Crippen molar-refractivity contribution in [3.8, 4) is 22.6 Å². The summed E-state index contributed by atoms with van der Waals surface area (Å²) in [5, 5.41) is 0. The second-order valence-corrected chi connectivity index (χ2v) is 13.5. The van der Waals surface area contributed by atoms with Crippen molar-refractivity contribution in [3.05, 3.63) is 77.4 Å². The van der Waals surface area contributed by atoms with Crippen LogP contribution in [0.25, 0.3) is 11.1 Å². The van der Waals surface area contributed by atoms with Gasteiger partial charge in [0.2, 0.25) is 16.8 Å². The molecular weight excluding hydrogens is 524 g/mol. The Kier molecular flexibility index (Phi) is 6.97. The van der Waals surface area contributed by atoms with Crippen LogP contribution < -0.4 is 9.47 Å². The summed E-state index contributed by atoms with van der Waals surface area (Å²) in [6.45, 7) is 3.33. The average Bonchev–Trinajstić information content (AvgIpc) is 3.64. The SMILES string of the molecule is Cc1ccc(CC(=O)C2(c3ccc4c(c3)OCO4)CC2)cc1-c1ccc(S(=O)(=O)N2CCC(N(C)C)CC2)cc1. The molecule has 7 nitrogen and oxygen atoms in total. The summed E-state index contributed by atoms with van der Waals surface area (Å²) in [5.74, 6) is 1.64. The van der Waals surface area contributed by atoms with Crippen molar-refractivity contribution in [1.82, 2.24) is 9.21 Å². The highest BCUT2D eigenvalue weighted by Gasteiger charge is 2.50. The molecule has 0 bridgehead atoms. The van der Waals surface area contributed by atoms with Gasteiger partial charge in [0, 0.05) is 25.6 Å². The van der Waals surface area contributed by atoms with E-state index in [-0.39, 0.29) is 12.6 Å². The molecule has 1 aliphatic carbocycles. The lowest BCUT2D eigenvalue weighted by Crippen LogP contribution is -2.44. The van der Waals surface area contributed by atoms with Gasteiger partial charge in [-0.05, 0) is 98.8 Å². The molecule has 2 aliphatic heterocycles. The third-order valence-electron chi connectivity index (χ3n) is 8.83. The van der Waals surface area contributed by atoms with Gasteiger partial charge in [-0.1, -0.05) is 36.4 Å². The Hall–Kier alpha value is -3.20. The number of piperidine rings is 1. The second-order valence-electron chi connectivity index (χ2n) is 11.5. The number of Topliss-reactive ketones (excluding diaryl/α,β-unsaturated/α-hetero) is 1. The largest absolute Gasteiger partial charge is 0.454 e. The fourth-order valence-corrected chi connectivity index (χ4v) is 7.52. The van der Waals surface area contributed by atoms with E-state index < -0.39 is 15.4 Å². The normalized spacial score (nSPS) is 18.7. The minimum atomic E-state index is -3.53. The van der Waals surface area contributed by atoms with E-state index in [0.717, 1.165) is 59.3 Å². The van der Waals surface area contributed by atoms with Crippen molar-refractivity contribution in [2.45, 2.75) is 55.4 Å². The fraction of sp³-hybridized carbons (Fsp3) is 0.406. The van der Waals surface area contributed by atoms with E-state index >= 15 is 0 Å². The third kappa shape index (κ3) is 4.93. The number of hydrogen-bond donors (Lipinski definition) is 0. The van der Waals surface area contributed by atoms with Crippen LogP contribution in [0.2, 0.25) is 0 Å². The molecule has 210 valence electrons. The molecule has 3 aliphatic rings. The van der Waals surface area contributed by atoms with Gasteiger partial charge in [0.25, 0.3) is 0 Å². The number of fused-ring (bicyclic) bond motifs is 1. The first-order valence-corrected chi connectivity index (χ1v) is 15.4. The monoisotopic (exact) mass is 560 g/mol. The van der Waals surface area contributed by atoms with Crippen LogP contribution in [-0.2, 0) is 26.7 Å². The average molecular weight is 561 g/mol. The molecule has 6 rings (SSSR count). The van der Waals surface area contributed by atoms with Gasteiger partial charge in [0.05, 0.1) is 10.3 Å². The maximum atomic E-state index is 13.5. The Bertz CT molecular complexity index is 1540. The lowest BCUT2D eigenvalue weighted by atomic mass is 9.87. The highest BCUT2D eigenvalue weighted by Crippen LogP contribution is 2.51. The van der Waals surface area contributed by atoms with Gasteiger partial charge < -0.3 is 14.4 Å². The zero-order valence-electron chi connectivity index (χ0n) is 23.4. The van der Waals surface area contributed by atoms with E-state index in [0.29, 0.717) is 36.2 Å². The van der Waals surface area contributed by atoms with Crippen molar-refractivity contribution >= 4 is 15.8 Å². The van der Waals surface area contributed by atoms with Crippen LogP contribution in [-0.4, -0.2) is 63.4 Å². The molecule has 0 radical (unpaired) electrons. The molecular formula is C32H36N2O5S. The molecule has 3 aromatic carbocycles. The smallest absolute Gasteiger partial charge is 0.243 e. The Labute approximate surface area is 236 Å². The summed E-state index contributed by atoms with van der Waals surface area (Å²) in [6, 6.07) is 19.5. The quantitative estimate of drug-likeness (QED) is 0.388. The molecule has 0 aromatic heterocycles. The van der Waals surface area contributed by atoms with Gasteiger partial charge in [-0.15, -0.1) is 0 Å². The molecule has 0 N–H and O–H groups in total. The number of nitrogens with zero attached hydrogens (tertiary/aromatic N) is 2. The highest BCUT2D eigenvalue weighted by atomic mass is 32.2. The van der Waals surface area contributed by atoms with Crippen molar-refractivity contribution in [2.75, 3.05) is 34.0 Å². The lowest BCUT2D eigenvalue weighted by Gasteiger charge is -2.34. The van der Waals surface area contributed by atoms with Gasteiger partial charge in [-0.2, -0.15) is 4.31 Å². The molecule has 2 fully saturated rings. The summed E-state index contributed by atoms with van der Waals surface area (Å²) in [4.78, 5) is 16.0. The number of sulfonamides is 1. The van der Waals surface area contributed by atoms with E-state index in [1.807, 2.05) is 63.5 Å². The van der Waals surface area contributed by atoms with E-state index in [1.54, 1.807) is 16.4 Å². The molecule has 1 saturated heterocycles. The van der Waals surface area contributed by atoms with E-state index in [2.05, 4.69) is 11.0 Å². The molecule has 0 spiro atoms. The molecule has 0 unspecified atom stereocenters. The third-order valence-corrected chi connectivity index (χ3v) is 10.7. The van der Waals surface area contributed by atoms with E-state index in [4.69, 9.17) is 9.47 Å². The number of hydrogen-bond acceptors (Lipinski definition) is 6. The van der Waals surface area contributed by atoms with Crippen LogP contribution in [0.4, 0.5) is 0 Å². The predicted molar refractivity (Wildman–Crippen MR) is 154 cm³/mol. The highest BCUT2D eigenvalue weighted by molar-refractivity contribution is 7.89. The van der Waals surface area contributed by atoms with Crippen LogP contribution in [0, 0.1) is 6.92 Å². The predicted octanol–water partition coefficient (Wildman–Crippen LogP) is 4.95. The van der Waals surface area contributed by atoms with Crippen LogP contribution in [0.15, 0.2) is 65.6 Å². The first-order chi connectivity index (χ1) is 19.2. The van der Waals surface area contributed by atoms with Crippen LogP contribution in [0.1, 0.15) is 42.4 Å². The fourth-order valence-electron chi connectivity index (χ4n) is 6.05. The number of ether oxygens (including phenoxy) is 2. The zero-order chi connectivity index (χ0) is 28.1. The summed E-state index contributed by atoms with van der Waals surface area (Å²) in [5.41, 5.74) is 4.52. The number of ketones is 1. The number of rotatable bonds is 8.